The highest BCUT2D eigenvalue weighted by Crippen LogP contribution is 2.39. The van der Waals surface area contributed by atoms with Crippen LogP contribution in [0.3, 0.4) is 0 Å². The third-order valence-electron chi connectivity index (χ3n) is 3.39. The molecule has 0 saturated carbocycles. The molecule has 2 rings (SSSR count). The van der Waals surface area contributed by atoms with E-state index >= 15 is 0 Å². The molecule has 3 nitrogen and oxygen atoms in total. The number of rotatable bonds is 4. The summed E-state index contributed by atoms with van der Waals surface area (Å²) in [5.41, 5.74) is 0.332. The lowest BCUT2D eigenvalue weighted by Gasteiger charge is -2.32. The van der Waals surface area contributed by atoms with Gasteiger partial charge in [0.15, 0.2) is 0 Å². The molecule has 104 valence electrons. The Morgan fingerprint density at radius 3 is 3.00 bits per heavy atom. The zero-order valence-corrected chi connectivity index (χ0v) is 13.5. The summed E-state index contributed by atoms with van der Waals surface area (Å²) in [6, 6.07) is 7.88. The fourth-order valence-electron chi connectivity index (χ4n) is 2.31. The van der Waals surface area contributed by atoms with Crippen LogP contribution in [-0.4, -0.2) is 29.1 Å². The minimum atomic E-state index is -0.610. The summed E-state index contributed by atoms with van der Waals surface area (Å²) in [4.78, 5) is 12.4. The van der Waals surface area contributed by atoms with Gasteiger partial charge in [-0.05, 0) is 37.3 Å². The van der Waals surface area contributed by atoms with Crippen molar-refractivity contribution in [3.8, 4) is 0 Å². The third-order valence-corrected chi connectivity index (χ3v) is 5.23. The van der Waals surface area contributed by atoms with Gasteiger partial charge in [0, 0.05) is 15.4 Å². The fraction of sp³-hybridized carbons (Fsp3) is 0.500. The average Bonchev–Trinajstić information content (AvgIpc) is 2.72. The predicted octanol–water partition coefficient (Wildman–Crippen LogP) is 3.69. The molecule has 0 amide bonds. The minimum Gasteiger partial charge on any atom is -0.464 e. The summed E-state index contributed by atoms with van der Waals surface area (Å²) in [5, 5.41) is 3.60. The highest BCUT2D eigenvalue weighted by Gasteiger charge is 2.48. The van der Waals surface area contributed by atoms with E-state index in [0.717, 1.165) is 22.3 Å². The number of hydrogen-bond acceptors (Lipinski definition) is 4. The van der Waals surface area contributed by atoms with Crippen molar-refractivity contribution in [1.29, 1.82) is 0 Å². The van der Waals surface area contributed by atoms with E-state index in [1.807, 2.05) is 31.2 Å². The monoisotopic (exact) mass is 343 g/mol. The molecule has 19 heavy (non-hydrogen) atoms. The van der Waals surface area contributed by atoms with Gasteiger partial charge in [-0.15, -0.1) is 0 Å². The second-order valence-corrected chi connectivity index (χ2v) is 6.95. The summed E-state index contributed by atoms with van der Waals surface area (Å²) in [6.45, 7) is 4.34. The Hall–Kier alpha value is -0.680. The van der Waals surface area contributed by atoms with E-state index in [4.69, 9.17) is 4.74 Å². The van der Waals surface area contributed by atoms with Crippen LogP contribution in [0, 0.1) is 0 Å². The number of benzene rings is 1. The number of nitrogens with one attached hydrogen (secondary N) is 1. The van der Waals surface area contributed by atoms with Gasteiger partial charge >= 0.3 is 5.97 Å². The number of thioether (sulfide) groups is 1. The Morgan fingerprint density at radius 1 is 1.63 bits per heavy atom. The number of carbonyl (C=O) groups is 1. The van der Waals surface area contributed by atoms with Crippen LogP contribution in [0.2, 0.25) is 0 Å². The Morgan fingerprint density at radius 2 is 2.42 bits per heavy atom. The number of esters is 1. The van der Waals surface area contributed by atoms with Crippen molar-refractivity contribution in [1.82, 2.24) is 0 Å². The van der Waals surface area contributed by atoms with Crippen LogP contribution >= 0.6 is 27.7 Å². The van der Waals surface area contributed by atoms with E-state index in [2.05, 4.69) is 28.2 Å². The van der Waals surface area contributed by atoms with Gasteiger partial charge in [-0.1, -0.05) is 28.9 Å². The SMILES string of the molecule is CCOC(=O)C1(Nc2cccc(Br)c2)CCSC1C. The van der Waals surface area contributed by atoms with Crippen LogP contribution in [0.25, 0.3) is 0 Å². The molecule has 2 atom stereocenters. The van der Waals surface area contributed by atoms with E-state index in [-0.39, 0.29) is 11.2 Å². The highest BCUT2D eigenvalue weighted by atomic mass is 79.9. The molecule has 0 radical (unpaired) electrons. The quantitative estimate of drug-likeness (QED) is 0.846. The van der Waals surface area contributed by atoms with Crippen LogP contribution < -0.4 is 5.32 Å². The fourth-order valence-corrected chi connectivity index (χ4v) is 4.06. The van der Waals surface area contributed by atoms with Crippen LogP contribution in [-0.2, 0) is 9.53 Å². The molecule has 1 fully saturated rings. The second kappa shape index (κ2) is 6.18. The third kappa shape index (κ3) is 3.08. The molecule has 0 aliphatic carbocycles. The topological polar surface area (TPSA) is 38.3 Å². The second-order valence-electron chi connectivity index (χ2n) is 4.59. The Bertz CT molecular complexity index is 469. The van der Waals surface area contributed by atoms with Gasteiger partial charge in [0.25, 0.3) is 0 Å². The van der Waals surface area contributed by atoms with Gasteiger partial charge in [0.05, 0.1) is 6.61 Å². The standard InChI is InChI=1S/C14H18BrNO2S/c1-3-18-13(17)14(7-8-19-10(14)2)16-12-6-4-5-11(15)9-12/h4-6,9-10,16H,3,7-8H2,1-2H3. The highest BCUT2D eigenvalue weighted by molar-refractivity contribution is 9.10. The lowest BCUT2D eigenvalue weighted by molar-refractivity contribution is -0.148. The first-order valence-electron chi connectivity index (χ1n) is 6.41. The predicted molar refractivity (Wildman–Crippen MR) is 83.7 cm³/mol. The zero-order valence-electron chi connectivity index (χ0n) is 11.1. The Labute approximate surface area is 126 Å². The number of carbonyl (C=O) groups excluding carboxylic acids is 1. The van der Waals surface area contributed by atoms with Crippen molar-refractivity contribution < 1.29 is 9.53 Å². The van der Waals surface area contributed by atoms with Gasteiger partial charge in [-0.25, -0.2) is 4.79 Å². The maximum atomic E-state index is 12.4. The van der Waals surface area contributed by atoms with Crippen LogP contribution in [0.1, 0.15) is 20.3 Å². The molecular weight excluding hydrogens is 326 g/mol. The van der Waals surface area contributed by atoms with Crippen molar-refractivity contribution in [2.45, 2.75) is 31.1 Å². The van der Waals surface area contributed by atoms with E-state index < -0.39 is 5.54 Å². The molecule has 1 aliphatic heterocycles. The number of anilines is 1. The molecule has 1 aromatic carbocycles. The maximum absolute atomic E-state index is 12.4. The average molecular weight is 344 g/mol. The largest absolute Gasteiger partial charge is 0.464 e. The van der Waals surface area contributed by atoms with Crippen molar-refractivity contribution in [2.24, 2.45) is 0 Å². The van der Waals surface area contributed by atoms with Gasteiger partial charge in [-0.2, -0.15) is 11.8 Å². The summed E-state index contributed by atoms with van der Waals surface area (Å²) >= 11 is 5.26. The molecule has 0 aromatic heterocycles. The number of halogens is 1. The van der Waals surface area contributed by atoms with Gasteiger partial charge in [0.2, 0.25) is 0 Å². The summed E-state index contributed by atoms with van der Waals surface area (Å²) in [7, 11) is 0. The molecule has 1 N–H and O–H groups in total. The smallest absolute Gasteiger partial charge is 0.332 e. The summed E-state index contributed by atoms with van der Waals surface area (Å²) in [5.74, 6) is 0.827. The lowest BCUT2D eigenvalue weighted by atomic mass is 9.92. The molecule has 1 heterocycles. The molecular formula is C14H18BrNO2S. The normalized spacial score (nSPS) is 26.2. The van der Waals surface area contributed by atoms with E-state index in [0.29, 0.717) is 6.61 Å². The first-order chi connectivity index (χ1) is 9.08. The Balaban J connectivity index is 2.26. The lowest BCUT2D eigenvalue weighted by Crippen LogP contribution is -2.51. The van der Waals surface area contributed by atoms with E-state index in [1.165, 1.54) is 0 Å². The van der Waals surface area contributed by atoms with Crippen molar-refractivity contribution >= 4 is 39.3 Å². The maximum Gasteiger partial charge on any atom is 0.332 e. The first kappa shape index (κ1) is 14.7. The van der Waals surface area contributed by atoms with Crippen molar-refractivity contribution in [2.75, 3.05) is 17.7 Å². The summed E-state index contributed by atoms with van der Waals surface area (Å²) in [6.07, 6.45) is 0.796. The van der Waals surface area contributed by atoms with Crippen LogP contribution in [0.5, 0.6) is 0 Å². The van der Waals surface area contributed by atoms with E-state index in [1.54, 1.807) is 11.8 Å². The van der Waals surface area contributed by atoms with Crippen LogP contribution in [0.4, 0.5) is 5.69 Å². The molecule has 0 spiro atoms. The zero-order chi connectivity index (χ0) is 13.9. The van der Waals surface area contributed by atoms with E-state index in [9.17, 15) is 4.79 Å². The number of ether oxygens (including phenoxy) is 1. The van der Waals surface area contributed by atoms with Crippen molar-refractivity contribution in [3.63, 3.8) is 0 Å². The number of hydrogen-bond donors (Lipinski definition) is 1. The molecule has 2 unspecified atom stereocenters. The minimum absolute atomic E-state index is 0.146. The van der Waals surface area contributed by atoms with Gasteiger partial charge in [0.1, 0.15) is 5.54 Å². The molecule has 1 aromatic rings. The summed E-state index contributed by atoms with van der Waals surface area (Å²) < 4.78 is 6.27. The Kier molecular flexibility index (Phi) is 4.79. The molecule has 1 saturated heterocycles. The molecule has 1 aliphatic rings. The van der Waals surface area contributed by atoms with Crippen molar-refractivity contribution in [3.05, 3.63) is 28.7 Å². The molecule has 0 bridgehead atoms. The molecule has 5 heteroatoms. The van der Waals surface area contributed by atoms with Gasteiger partial charge in [-0.3, -0.25) is 0 Å². The first-order valence-corrected chi connectivity index (χ1v) is 8.25. The van der Waals surface area contributed by atoms with Gasteiger partial charge < -0.3 is 10.1 Å². The van der Waals surface area contributed by atoms with Crippen LogP contribution in [0.15, 0.2) is 28.7 Å².